The molecule has 0 N–H and O–H groups in total. The molecule has 7 heteroatoms. The van der Waals surface area contributed by atoms with Crippen molar-refractivity contribution in [3.05, 3.63) is 5.82 Å². The van der Waals surface area contributed by atoms with E-state index in [1.54, 1.807) is 11.8 Å². The molecule has 19 heavy (non-hydrogen) atoms. The molecule has 0 bridgehead atoms. The lowest BCUT2D eigenvalue weighted by atomic mass is 10.1. The molecule has 0 atom stereocenters. The number of esters is 1. The molecule has 1 heterocycles. The zero-order valence-corrected chi connectivity index (χ0v) is 12.3. The summed E-state index contributed by atoms with van der Waals surface area (Å²) in [5.41, 5.74) is 0.167. The molecule has 0 spiro atoms. The number of carbonyl (C=O) groups excluding carboxylic acids is 1. The third-order valence-electron chi connectivity index (χ3n) is 3.39. The van der Waals surface area contributed by atoms with Gasteiger partial charge in [-0.05, 0) is 40.9 Å². The number of aromatic nitrogens is 4. The second kappa shape index (κ2) is 6.36. The van der Waals surface area contributed by atoms with Gasteiger partial charge in [-0.2, -0.15) is 11.8 Å². The number of aryl methyl sites for hydroxylation is 1. The first-order chi connectivity index (χ1) is 9.19. The van der Waals surface area contributed by atoms with E-state index in [0.717, 1.165) is 43.1 Å². The summed E-state index contributed by atoms with van der Waals surface area (Å²) >= 11 is 1.80. The second-order valence-electron chi connectivity index (χ2n) is 5.06. The van der Waals surface area contributed by atoms with Gasteiger partial charge < -0.3 is 4.74 Å². The van der Waals surface area contributed by atoms with Crippen LogP contribution in [0.3, 0.4) is 0 Å². The smallest absolute Gasteiger partial charge is 0.306 e. The first kappa shape index (κ1) is 14.3. The number of thioether (sulfide) groups is 1. The van der Waals surface area contributed by atoms with Gasteiger partial charge in [0.1, 0.15) is 0 Å². The lowest BCUT2D eigenvalue weighted by molar-refractivity contribution is -0.141. The highest BCUT2D eigenvalue weighted by molar-refractivity contribution is 7.98. The number of nitrogens with zero attached hydrogens (tertiary/aromatic N) is 4. The number of hydrogen-bond donors (Lipinski definition) is 0. The Kier molecular flexibility index (Phi) is 4.79. The zero-order chi connectivity index (χ0) is 13.7. The van der Waals surface area contributed by atoms with Crippen LogP contribution in [0.2, 0.25) is 0 Å². The van der Waals surface area contributed by atoms with Crippen LogP contribution in [-0.2, 0) is 21.8 Å². The van der Waals surface area contributed by atoms with Crippen molar-refractivity contribution < 1.29 is 9.53 Å². The topological polar surface area (TPSA) is 69.9 Å². The first-order valence-electron chi connectivity index (χ1n) is 6.59. The Morgan fingerprint density at radius 2 is 2.32 bits per heavy atom. The van der Waals surface area contributed by atoms with Crippen molar-refractivity contribution in [2.24, 2.45) is 5.41 Å². The molecule has 0 radical (unpaired) electrons. The van der Waals surface area contributed by atoms with E-state index < -0.39 is 0 Å². The number of methoxy groups -OCH3 is 1. The van der Waals surface area contributed by atoms with E-state index in [-0.39, 0.29) is 11.4 Å². The predicted octanol–water partition coefficient (Wildman–Crippen LogP) is 1.66. The monoisotopic (exact) mass is 284 g/mol. The molecule has 0 saturated heterocycles. The molecule has 0 aliphatic heterocycles. The number of rotatable bonds is 8. The van der Waals surface area contributed by atoms with E-state index in [9.17, 15) is 4.79 Å². The molecule has 0 amide bonds. The van der Waals surface area contributed by atoms with Crippen molar-refractivity contribution in [2.75, 3.05) is 12.9 Å². The predicted molar refractivity (Wildman–Crippen MR) is 72.6 cm³/mol. The van der Waals surface area contributed by atoms with E-state index >= 15 is 0 Å². The molecule has 1 aliphatic rings. The molecule has 0 unspecified atom stereocenters. The minimum Gasteiger partial charge on any atom is -0.469 e. The molecule has 1 aliphatic carbocycles. The quantitative estimate of drug-likeness (QED) is 0.676. The van der Waals surface area contributed by atoms with Crippen LogP contribution in [0.1, 0.15) is 38.4 Å². The average molecular weight is 284 g/mol. The maximum Gasteiger partial charge on any atom is 0.306 e. The zero-order valence-electron chi connectivity index (χ0n) is 11.5. The number of ether oxygens (including phenoxy) is 1. The van der Waals surface area contributed by atoms with Gasteiger partial charge in [-0.15, -0.1) is 5.10 Å². The van der Waals surface area contributed by atoms with Crippen LogP contribution in [0.25, 0.3) is 0 Å². The Balaban J connectivity index is 1.77. The molecule has 6 nitrogen and oxygen atoms in total. The summed E-state index contributed by atoms with van der Waals surface area (Å²) in [5.74, 6) is 2.59. The van der Waals surface area contributed by atoms with Gasteiger partial charge in [0, 0.05) is 6.54 Å². The fourth-order valence-corrected chi connectivity index (χ4v) is 3.31. The highest BCUT2D eigenvalue weighted by Crippen LogP contribution is 2.51. The van der Waals surface area contributed by atoms with Gasteiger partial charge >= 0.3 is 5.97 Å². The van der Waals surface area contributed by atoms with Crippen LogP contribution in [0, 0.1) is 5.41 Å². The SMILES string of the molecule is CCCn1nnnc1CSCC1(CC(=O)OC)CC1. The van der Waals surface area contributed by atoms with Crippen molar-refractivity contribution in [1.82, 2.24) is 20.2 Å². The van der Waals surface area contributed by atoms with Gasteiger partial charge in [-0.1, -0.05) is 6.92 Å². The Bertz CT molecular complexity index is 431. The van der Waals surface area contributed by atoms with Crippen LogP contribution < -0.4 is 0 Å². The van der Waals surface area contributed by atoms with Crippen LogP contribution in [0.4, 0.5) is 0 Å². The van der Waals surface area contributed by atoms with Gasteiger partial charge in [-0.3, -0.25) is 4.79 Å². The molecular weight excluding hydrogens is 264 g/mol. The average Bonchev–Trinajstić information content (AvgIpc) is 3.01. The normalized spacial score (nSPS) is 16.3. The van der Waals surface area contributed by atoms with Gasteiger partial charge in [-0.25, -0.2) is 4.68 Å². The van der Waals surface area contributed by atoms with E-state index in [0.29, 0.717) is 6.42 Å². The van der Waals surface area contributed by atoms with E-state index in [1.165, 1.54) is 7.11 Å². The molecule has 1 fully saturated rings. The molecule has 2 rings (SSSR count). The summed E-state index contributed by atoms with van der Waals surface area (Å²) < 4.78 is 6.60. The third-order valence-corrected chi connectivity index (χ3v) is 4.66. The minimum absolute atomic E-state index is 0.103. The maximum absolute atomic E-state index is 11.3. The summed E-state index contributed by atoms with van der Waals surface area (Å²) in [6.45, 7) is 2.96. The number of hydrogen-bond acceptors (Lipinski definition) is 6. The number of tetrazole rings is 1. The van der Waals surface area contributed by atoms with Gasteiger partial charge in [0.15, 0.2) is 5.82 Å². The minimum atomic E-state index is -0.103. The van der Waals surface area contributed by atoms with Gasteiger partial charge in [0.05, 0.1) is 19.3 Å². The second-order valence-corrected chi connectivity index (χ2v) is 6.05. The molecule has 1 aromatic heterocycles. The highest BCUT2D eigenvalue weighted by atomic mass is 32.2. The summed E-state index contributed by atoms with van der Waals surface area (Å²) in [6.07, 6.45) is 3.80. The Morgan fingerprint density at radius 3 is 2.95 bits per heavy atom. The van der Waals surface area contributed by atoms with Crippen molar-refractivity contribution in [2.45, 2.75) is 44.9 Å². The lowest BCUT2D eigenvalue weighted by Gasteiger charge is -2.12. The Hall–Kier alpha value is -1.11. The fraction of sp³-hybridized carbons (Fsp3) is 0.833. The van der Waals surface area contributed by atoms with E-state index in [2.05, 4.69) is 22.4 Å². The largest absolute Gasteiger partial charge is 0.469 e. The maximum atomic E-state index is 11.3. The third kappa shape index (κ3) is 3.92. The molecule has 0 aromatic carbocycles. The van der Waals surface area contributed by atoms with Crippen LogP contribution in [0.15, 0.2) is 0 Å². The summed E-state index contributed by atoms with van der Waals surface area (Å²) in [7, 11) is 1.45. The standard InChI is InChI=1S/C12H20N4O2S/c1-3-6-16-10(13-14-15-16)8-19-9-12(4-5-12)7-11(17)18-2/h3-9H2,1-2H3. The molecule has 1 aromatic rings. The first-order valence-corrected chi connectivity index (χ1v) is 7.74. The summed E-state index contributed by atoms with van der Waals surface area (Å²) in [5, 5.41) is 11.7. The highest BCUT2D eigenvalue weighted by Gasteiger charge is 2.44. The molecule has 106 valence electrons. The van der Waals surface area contributed by atoms with Crippen molar-refractivity contribution in [1.29, 1.82) is 0 Å². The summed E-state index contributed by atoms with van der Waals surface area (Å²) in [6, 6.07) is 0. The van der Waals surface area contributed by atoms with E-state index in [1.807, 2.05) is 4.68 Å². The van der Waals surface area contributed by atoms with Crippen LogP contribution in [0.5, 0.6) is 0 Å². The number of carbonyl (C=O) groups is 1. The lowest BCUT2D eigenvalue weighted by Crippen LogP contribution is -2.13. The van der Waals surface area contributed by atoms with Crippen LogP contribution >= 0.6 is 11.8 Å². The van der Waals surface area contributed by atoms with Gasteiger partial charge in [0.25, 0.3) is 0 Å². The van der Waals surface area contributed by atoms with Crippen molar-refractivity contribution in [3.63, 3.8) is 0 Å². The van der Waals surface area contributed by atoms with Gasteiger partial charge in [0.2, 0.25) is 0 Å². The van der Waals surface area contributed by atoms with Crippen LogP contribution in [-0.4, -0.2) is 39.0 Å². The summed E-state index contributed by atoms with van der Waals surface area (Å²) in [4.78, 5) is 11.3. The fourth-order valence-electron chi connectivity index (χ4n) is 2.00. The molecular formula is C12H20N4O2S. The Labute approximate surface area is 117 Å². The van der Waals surface area contributed by atoms with Crippen molar-refractivity contribution >= 4 is 17.7 Å². The van der Waals surface area contributed by atoms with Crippen molar-refractivity contribution in [3.8, 4) is 0 Å². The van der Waals surface area contributed by atoms with E-state index in [4.69, 9.17) is 4.74 Å². The Morgan fingerprint density at radius 1 is 1.53 bits per heavy atom. The molecule has 1 saturated carbocycles.